The van der Waals surface area contributed by atoms with E-state index in [0.717, 1.165) is 42.7 Å². The number of hydrogen-bond donors (Lipinski definition) is 1. The molecule has 1 saturated heterocycles. The predicted octanol–water partition coefficient (Wildman–Crippen LogP) is 5.08. The summed E-state index contributed by atoms with van der Waals surface area (Å²) < 4.78 is 1.26. The second kappa shape index (κ2) is 7.97. The minimum atomic E-state index is 0.00774. The zero-order valence-corrected chi connectivity index (χ0v) is 16.8. The first-order valence-electron chi connectivity index (χ1n) is 9.22. The molecule has 4 rings (SSSR count). The van der Waals surface area contributed by atoms with E-state index in [1.54, 1.807) is 17.4 Å². The predicted molar refractivity (Wildman–Crippen MR) is 113 cm³/mol. The van der Waals surface area contributed by atoms with Crippen LogP contribution in [0.4, 0.5) is 5.69 Å². The van der Waals surface area contributed by atoms with Crippen LogP contribution >= 0.6 is 22.9 Å². The van der Waals surface area contributed by atoms with Crippen molar-refractivity contribution < 1.29 is 4.79 Å². The van der Waals surface area contributed by atoms with E-state index < -0.39 is 0 Å². The highest BCUT2D eigenvalue weighted by Gasteiger charge is 2.24. The number of carbonyl (C=O) groups excluding carboxylic acids is 1. The molecule has 1 aromatic heterocycles. The average Bonchev–Trinajstić information content (AvgIpc) is 3.09. The number of nitrogens with zero attached hydrogens (tertiary/aromatic N) is 2. The van der Waals surface area contributed by atoms with Gasteiger partial charge in [0.1, 0.15) is 0 Å². The molecule has 27 heavy (non-hydrogen) atoms. The lowest BCUT2D eigenvalue weighted by molar-refractivity contribution is -0.117. The minimum Gasteiger partial charge on any atom is -0.325 e. The Morgan fingerprint density at radius 2 is 2.04 bits per heavy atom. The third kappa shape index (κ3) is 4.32. The van der Waals surface area contributed by atoms with Crippen molar-refractivity contribution >= 4 is 44.7 Å². The van der Waals surface area contributed by atoms with Crippen LogP contribution in [0.3, 0.4) is 0 Å². The maximum atomic E-state index is 12.3. The maximum absolute atomic E-state index is 12.3. The number of anilines is 1. The van der Waals surface area contributed by atoms with Crippen molar-refractivity contribution in [1.29, 1.82) is 0 Å². The van der Waals surface area contributed by atoms with Crippen LogP contribution in [0.5, 0.6) is 0 Å². The summed E-state index contributed by atoms with van der Waals surface area (Å²) in [5.41, 5.74) is 2.85. The molecule has 6 heteroatoms. The number of aromatic nitrogens is 1. The van der Waals surface area contributed by atoms with Crippen LogP contribution in [-0.4, -0.2) is 35.4 Å². The zero-order chi connectivity index (χ0) is 18.8. The van der Waals surface area contributed by atoms with Crippen molar-refractivity contribution in [3.8, 4) is 0 Å². The molecule has 0 radical (unpaired) electrons. The monoisotopic (exact) mass is 399 g/mol. The summed E-state index contributed by atoms with van der Waals surface area (Å²) in [6.07, 6.45) is 2.09. The largest absolute Gasteiger partial charge is 0.325 e. The number of benzene rings is 2. The van der Waals surface area contributed by atoms with Crippen molar-refractivity contribution in [2.24, 2.45) is 0 Å². The van der Waals surface area contributed by atoms with Crippen LogP contribution in [-0.2, 0) is 4.79 Å². The van der Waals surface area contributed by atoms with E-state index in [1.807, 2.05) is 25.1 Å². The SMILES string of the molecule is Cc1ccc(NC(=O)CN2CCC(c3nc4ccccc4s3)CC2)cc1Cl. The van der Waals surface area contributed by atoms with E-state index in [0.29, 0.717) is 17.5 Å². The summed E-state index contributed by atoms with van der Waals surface area (Å²) in [4.78, 5) is 19.4. The fourth-order valence-electron chi connectivity index (χ4n) is 3.48. The molecule has 1 aliphatic rings. The Labute approximate surface area is 168 Å². The normalized spacial score (nSPS) is 15.9. The number of piperidine rings is 1. The van der Waals surface area contributed by atoms with Gasteiger partial charge in [-0.05, 0) is 62.7 Å². The second-order valence-electron chi connectivity index (χ2n) is 7.08. The van der Waals surface area contributed by atoms with Crippen molar-refractivity contribution in [2.75, 3.05) is 25.0 Å². The molecule has 140 valence electrons. The molecular weight excluding hydrogens is 378 g/mol. The van der Waals surface area contributed by atoms with Gasteiger partial charge in [-0.15, -0.1) is 11.3 Å². The van der Waals surface area contributed by atoms with E-state index in [9.17, 15) is 4.79 Å². The average molecular weight is 400 g/mol. The molecular formula is C21H22ClN3OS. The fourth-order valence-corrected chi connectivity index (χ4v) is 4.79. The summed E-state index contributed by atoms with van der Waals surface area (Å²) >= 11 is 7.93. The molecule has 0 bridgehead atoms. The number of halogens is 1. The van der Waals surface area contributed by atoms with Crippen molar-refractivity contribution in [2.45, 2.75) is 25.7 Å². The summed E-state index contributed by atoms with van der Waals surface area (Å²) in [5.74, 6) is 0.506. The molecule has 1 fully saturated rings. The molecule has 4 nitrogen and oxygen atoms in total. The minimum absolute atomic E-state index is 0.00774. The number of para-hydroxylation sites is 1. The van der Waals surface area contributed by atoms with Crippen LogP contribution in [0.15, 0.2) is 42.5 Å². The first-order valence-corrected chi connectivity index (χ1v) is 10.4. The smallest absolute Gasteiger partial charge is 0.238 e. The first-order chi connectivity index (χ1) is 13.1. The van der Waals surface area contributed by atoms with Crippen LogP contribution in [0, 0.1) is 6.92 Å². The third-order valence-corrected chi connectivity index (χ3v) is 6.68. The molecule has 0 spiro atoms. The van der Waals surface area contributed by atoms with Gasteiger partial charge in [0.15, 0.2) is 0 Å². The standard InChI is InChI=1S/C21H22ClN3OS/c1-14-6-7-16(12-17(14)22)23-20(26)13-25-10-8-15(9-11-25)21-24-18-4-2-3-5-19(18)27-21/h2-7,12,15H,8-11,13H2,1H3,(H,23,26). The molecule has 2 aromatic carbocycles. The van der Waals surface area contributed by atoms with Gasteiger partial charge in [-0.1, -0.05) is 29.8 Å². The Balaban J connectivity index is 1.31. The zero-order valence-electron chi connectivity index (χ0n) is 15.2. The van der Waals surface area contributed by atoms with Crippen LogP contribution in [0.1, 0.15) is 29.3 Å². The van der Waals surface area contributed by atoms with E-state index >= 15 is 0 Å². The molecule has 0 aliphatic carbocycles. The highest BCUT2D eigenvalue weighted by atomic mass is 35.5. The Bertz CT molecular complexity index is 930. The Morgan fingerprint density at radius 1 is 1.26 bits per heavy atom. The Morgan fingerprint density at radius 3 is 2.78 bits per heavy atom. The van der Waals surface area contributed by atoms with Gasteiger partial charge in [0.25, 0.3) is 0 Å². The third-order valence-electron chi connectivity index (χ3n) is 5.07. The summed E-state index contributed by atoms with van der Waals surface area (Å²) in [6.45, 7) is 4.20. The topological polar surface area (TPSA) is 45.2 Å². The fraction of sp³-hybridized carbons (Fsp3) is 0.333. The summed E-state index contributed by atoms with van der Waals surface area (Å²) in [6, 6.07) is 13.9. The Hall–Kier alpha value is -1.95. The van der Waals surface area contributed by atoms with Gasteiger partial charge in [0, 0.05) is 16.6 Å². The van der Waals surface area contributed by atoms with E-state index in [1.165, 1.54) is 9.71 Å². The van der Waals surface area contributed by atoms with E-state index in [4.69, 9.17) is 16.6 Å². The van der Waals surface area contributed by atoms with Gasteiger partial charge in [-0.25, -0.2) is 4.98 Å². The molecule has 1 aliphatic heterocycles. The molecule has 0 saturated carbocycles. The number of carbonyl (C=O) groups is 1. The molecule has 3 aromatic rings. The van der Waals surface area contributed by atoms with Gasteiger partial charge in [0.05, 0.1) is 21.8 Å². The van der Waals surface area contributed by atoms with Gasteiger partial charge in [-0.2, -0.15) is 0 Å². The lowest BCUT2D eigenvalue weighted by atomic mass is 9.97. The first kappa shape index (κ1) is 18.4. The number of thiazole rings is 1. The van der Waals surface area contributed by atoms with Crippen LogP contribution in [0.25, 0.3) is 10.2 Å². The number of rotatable bonds is 4. The molecule has 2 heterocycles. The lowest BCUT2D eigenvalue weighted by Crippen LogP contribution is -2.38. The number of hydrogen-bond acceptors (Lipinski definition) is 4. The number of amides is 1. The molecule has 1 amide bonds. The molecule has 0 atom stereocenters. The quantitative estimate of drug-likeness (QED) is 0.665. The second-order valence-corrected chi connectivity index (χ2v) is 8.55. The van der Waals surface area contributed by atoms with Gasteiger partial charge < -0.3 is 5.32 Å². The highest BCUT2D eigenvalue weighted by molar-refractivity contribution is 7.18. The Kier molecular flexibility index (Phi) is 5.43. The molecule has 1 N–H and O–H groups in total. The van der Waals surface area contributed by atoms with Gasteiger partial charge in [0.2, 0.25) is 5.91 Å². The van der Waals surface area contributed by atoms with Gasteiger partial charge in [-0.3, -0.25) is 9.69 Å². The van der Waals surface area contributed by atoms with Crippen molar-refractivity contribution in [3.63, 3.8) is 0 Å². The number of aryl methyl sites for hydroxylation is 1. The lowest BCUT2D eigenvalue weighted by Gasteiger charge is -2.30. The van der Waals surface area contributed by atoms with E-state index in [2.05, 4.69) is 28.4 Å². The van der Waals surface area contributed by atoms with Crippen molar-refractivity contribution in [3.05, 3.63) is 58.1 Å². The van der Waals surface area contributed by atoms with Gasteiger partial charge >= 0.3 is 0 Å². The van der Waals surface area contributed by atoms with Crippen LogP contribution < -0.4 is 5.32 Å². The number of fused-ring (bicyclic) bond motifs is 1. The van der Waals surface area contributed by atoms with Crippen LogP contribution in [0.2, 0.25) is 5.02 Å². The summed E-state index contributed by atoms with van der Waals surface area (Å²) in [5, 5.41) is 4.84. The van der Waals surface area contributed by atoms with E-state index in [-0.39, 0.29) is 5.91 Å². The number of nitrogens with one attached hydrogen (secondary N) is 1. The summed E-state index contributed by atoms with van der Waals surface area (Å²) in [7, 11) is 0. The molecule has 0 unspecified atom stereocenters. The highest BCUT2D eigenvalue weighted by Crippen LogP contribution is 2.33. The van der Waals surface area contributed by atoms with Crippen molar-refractivity contribution in [1.82, 2.24) is 9.88 Å². The maximum Gasteiger partial charge on any atom is 0.238 e. The number of likely N-dealkylation sites (tertiary alicyclic amines) is 1.